The van der Waals surface area contributed by atoms with Gasteiger partial charge in [0.1, 0.15) is 5.69 Å². The standard InChI is InChI=1S/C5H6BrN3O/c6-3-1-4(8-2-3)5(10)9-7/h1-2,8H,7H2,(H,9,10). The van der Waals surface area contributed by atoms with Crippen LogP contribution in [0, 0.1) is 0 Å². The Morgan fingerprint density at radius 3 is 2.90 bits per heavy atom. The smallest absolute Gasteiger partial charge is 0.281 e. The number of carbonyl (C=O) groups is 1. The van der Waals surface area contributed by atoms with E-state index >= 15 is 0 Å². The Balaban J connectivity index is 2.85. The third kappa shape index (κ3) is 1.37. The van der Waals surface area contributed by atoms with Gasteiger partial charge in [0.05, 0.1) is 0 Å². The molecule has 10 heavy (non-hydrogen) atoms. The highest BCUT2D eigenvalue weighted by molar-refractivity contribution is 9.10. The minimum atomic E-state index is -0.328. The molecule has 1 heterocycles. The lowest BCUT2D eigenvalue weighted by atomic mass is 10.4. The maximum absolute atomic E-state index is 10.7. The van der Waals surface area contributed by atoms with Crippen LogP contribution in [0.2, 0.25) is 0 Å². The number of hydrogen-bond donors (Lipinski definition) is 3. The van der Waals surface area contributed by atoms with E-state index in [1.807, 2.05) is 5.43 Å². The molecule has 0 aliphatic heterocycles. The molecule has 0 spiro atoms. The van der Waals surface area contributed by atoms with Crippen LogP contribution >= 0.6 is 15.9 Å². The van der Waals surface area contributed by atoms with Gasteiger partial charge in [0.25, 0.3) is 5.91 Å². The SMILES string of the molecule is NNC(=O)c1cc(Br)c[nH]1. The Morgan fingerprint density at radius 2 is 2.50 bits per heavy atom. The summed E-state index contributed by atoms with van der Waals surface area (Å²) in [7, 11) is 0. The van der Waals surface area contributed by atoms with Crippen LogP contribution in [0.1, 0.15) is 10.5 Å². The molecule has 1 aromatic heterocycles. The first-order valence-corrected chi connectivity index (χ1v) is 3.38. The molecule has 0 saturated carbocycles. The molecule has 0 aliphatic rings. The second-order valence-corrected chi connectivity index (χ2v) is 2.62. The van der Waals surface area contributed by atoms with Crippen LogP contribution in [0.25, 0.3) is 0 Å². The molecule has 0 aromatic carbocycles. The van der Waals surface area contributed by atoms with Crippen molar-refractivity contribution in [3.63, 3.8) is 0 Å². The fraction of sp³-hybridized carbons (Fsp3) is 0. The van der Waals surface area contributed by atoms with E-state index in [1.54, 1.807) is 12.3 Å². The van der Waals surface area contributed by atoms with Gasteiger partial charge in [0, 0.05) is 10.7 Å². The van der Waals surface area contributed by atoms with Gasteiger partial charge in [-0.1, -0.05) is 0 Å². The van der Waals surface area contributed by atoms with Gasteiger partial charge < -0.3 is 4.98 Å². The number of carbonyl (C=O) groups excluding carboxylic acids is 1. The summed E-state index contributed by atoms with van der Waals surface area (Å²) in [6.45, 7) is 0. The highest BCUT2D eigenvalue weighted by atomic mass is 79.9. The van der Waals surface area contributed by atoms with Crippen LogP contribution in [-0.4, -0.2) is 10.9 Å². The van der Waals surface area contributed by atoms with Gasteiger partial charge >= 0.3 is 0 Å². The maximum atomic E-state index is 10.7. The molecule has 0 bridgehead atoms. The quantitative estimate of drug-likeness (QED) is 0.351. The number of aromatic nitrogens is 1. The normalized spacial score (nSPS) is 9.40. The maximum Gasteiger partial charge on any atom is 0.281 e. The molecule has 0 unspecified atom stereocenters. The first kappa shape index (κ1) is 7.30. The van der Waals surface area contributed by atoms with Crippen molar-refractivity contribution in [3.8, 4) is 0 Å². The Kier molecular flexibility index (Phi) is 2.08. The van der Waals surface area contributed by atoms with Gasteiger partial charge in [0.15, 0.2) is 0 Å². The number of nitrogens with one attached hydrogen (secondary N) is 2. The average Bonchev–Trinajstić information content (AvgIpc) is 2.34. The molecule has 1 amide bonds. The van der Waals surface area contributed by atoms with Crippen molar-refractivity contribution in [1.82, 2.24) is 10.4 Å². The predicted octanol–water partition coefficient (Wildman–Crippen LogP) is 0.381. The second kappa shape index (κ2) is 2.85. The molecular weight excluding hydrogens is 198 g/mol. The summed E-state index contributed by atoms with van der Waals surface area (Å²) in [5, 5.41) is 0. The molecule has 0 atom stereocenters. The van der Waals surface area contributed by atoms with E-state index in [4.69, 9.17) is 5.84 Å². The summed E-state index contributed by atoms with van der Waals surface area (Å²) in [5.41, 5.74) is 2.44. The topological polar surface area (TPSA) is 70.9 Å². The molecule has 1 aromatic rings. The summed E-state index contributed by atoms with van der Waals surface area (Å²) >= 11 is 3.18. The van der Waals surface area contributed by atoms with E-state index < -0.39 is 0 Å². The second-order valence-electron chi connectivity index (χ2n) is 1.71. The number of hydrogen-bond acceptors (Lipinski definition) is 2. The van der Waals surface area contributed by atoms with Crippen LogP contribution in [-0.2, 0) is 0 Å². The largest absolute Gasteiger partial charge is 0.356 e. The lowest BCUT2D eigenvalue weighted by Gasteiger charge is -1.91. The van der Waals surface area contributed by atoms with Crippen molar-refractivity contribution in [2.24, 2.45) is 5.84 Å². The third-order valence-corrected chi connectivity index (χ3v) is 1.48. The van der Waals surface area contributed by atoms with Crippen LogP contribution in [0.5, 0.6) is 0 Å². The number of rotatable bonds is 1. The van der Waals surface area contributed by atoms with Crippen molar-refractivity contribution < 1.29 is 4.79 Å². The summed E-state index contributed by atoms with van der Waals surface area (Å²) < 4.78 is 0.825. The van der Waals surface area contributed by atoms with Crippen molar-refractivity contribution in [1.29, 1.82) is 0 Å². The summed E-state index contributed by atoms with van der Waals surface area (Å²) in [6.07, 6.45) is 1.66. The van der Waals surface area contributed by atoms with Gasteiger partial charge in [0.2, 0.25) is 0 Å². The number of amides is 1. The van der Waals surface area contributed by atoms with Crippen molar-refractivity contribution >= 4 is 21.8 Å². The van der Waals surface area contributed by atoms with E-state index in [-0.39, 0.29) is 5.91 Å². The zero-order valence-electron chi connectivity index (χ0n) is 5.02. The summed E-state index contributed by atoms with van der Waals surface area (Å²) in [6, 6.07) is 1.64. The number of halogens is 1. The van der Waals surface area contributed by atoms with E-state index in [0.29, 0.717) is 5.69 Å². The number of nitrogen functional groups attached to an aromatic ring is 1. The molecule has 0 fully saturated rings. The lowest BCUT2D eigenvalue weighted by molar-refractivity contribution is 0.0949. The number of hydrazine groups is 1. The monoisotopic (exact) mass is 203 g/mol. The van der Waals surface area contributed by atoms with Crippen molar-refractivity contribution in [2.75, 3.05) is 0 Å². The summed E-state index contributed by atoms with van der Waals surface area (Å²) in [4.78, 5) is 13.5. The molecule has 0 radical (unpaired) electrons. The Hall–Kier alpha value is -0.810. The average molecular weight is 204 g/mol. The van der Waals surface area contributed by atoms with Crippen molar-refractivity contribution in [2.45, 2.75) is 0 Å². The molecule has 5 heteroatoms. The lowest BCUT2D eigenvalue weighted by Crippen LogP contribution is -2.30. The van der Waals surface area contributed by atoms with Gasteiger partial charge in [-0.05, 0) is 22.0 Å². The van der Waals surface area contributed by atoms with E-state index in [2.05, 4.69) is 20.9 Å². The molecule has 1 rings (SSSR count). The summed E-state index contributed by atoms with van der Waals surface area (Å²) in [5.74, 6) is 4.55. The molecule has 54 valence electrons. The fourth-order valence-electron chi connectivity index (χ4n) is 0.577. The minimum Gasteiger partial charge on any atom is -0.356 e. The van der Waals surface area contributed by atoms with Crippen LogP contribution in [0.4, 0.5) is 0 Å². The fourth-order valence-corrected chi connectivity index (χ4v) is 0.920. The first-order valence-electron chi connectivity index (χ1n) is 2.59. The minimum absolute atomic E-state index is 0.328. The predicted molar refractivity (Wildman–Crippen MR) is 40.1 cm³/mol. The molecule has 4 nitrogen and oxygen atoms in total. The van der Waals surface area contributed by atoms with Crippen LogP contribution < -0.4 is 11.3 Å². The van der Waals surface area contributed by atoms with Crippen molar-refractivity contribution in [3.05, 3.63) is 22.4 Å². The zero-order chi connectivity index (χ0) is 7.56. The molecule has 0 saturated heterocycles. The van der Waals surface area contributed by atoms with E-state index in [9.17, 15) is 4.79 Å². The number of aromatic amines is 1. The van der Waals surface area contributed by atoms with E-state index in [1.165, 1.54) is 0 Å². The van der Waals surface area contributed by atoms with Gasteiger partial charge in [-0.15, -0.1) is 0 Å². The van der Waals surface area contributed by atoms with Crippen LogP contribution in [0.15, 0.2) is 16.7 Å². The first-order chi connectivity index (χ1) is 4.74. The third-order valence-electron chi connectivity index (χ3n) is 1.02. The number of H-pyrrole nitrogens is 1. The molecule has 0 aliphatic carbocycles. The van der Waals surface area contributed by atoms with Gasteiger partial charge in [-0.3, -0.25) is 10.2 Å². The Morgan fingerprint density at radius 1 is 1.80 bits per heavy atom. The Labute approximate surface area is 65.9 Å². The number of nitrogens with two attached hydrogens (primary N) is 1. The highest BCUT2D eigenvalue weighted by Gasteiger charge is 2.03. The van der Waals surface area contributed by atoms with Crippen LogP contribution in [0.3, 0.4) is 0 Å². The molecular formula is C5H6BrN3O. The Bertz CT molecular complexity index is 245. The zero-order valence-corrected chi connectivity index (χ0v) is 6.60. The molecule has 4 N–H and O–H groups in total. The highest BCUT2D eigenvalue weighted by Crippen LogP contribution is 2.09. The van der Waals surface area contributed by atoms with Gasteiger partial charge in [-0.2, -0.15) is 0 Å². The van der Waals surface area contributed by atoms with E-state index in [0.717, 1.165) is 4.47 Å². The van der Waals surface area contributed by atoms with Gasteiger partial charge in [-0.25, -0.2) is 5.84 Å².